The Balaban J connectivity index is 0. The van der Waals surface area contributed by atoms with E-state index in [-0.39, 0.29) is 29.6 Å². The Labute approximate surface area is 91.3 Å². The molecule has 50 valence electrons. The van der Waals surface area contributed by atoms with E-state index in [0.717, 1.165) is 0 Å². The van der Waals surface area contributed by atoms with Crippen molar-refractivity contribution in [3.05, 3.63) is 0 Å². The quantitative estimate of drug-likeness (QED) is 0.443. The van der Waals surface area contributed by atoms with Crippen molar-refractivity contribution < 1.29 is 54.7 Å². The van der Waals surface area contributed by atoms with Crippen LogP contribution in [0.5, 0.6) is 0 Å². The molecule has 10 heavy (non-hydrogen) atoms. The number of rotatable bonds is 0. The molecule has 1 fully saturated rings. The Bertz CT molecular complexity index is 115. The topological polar surface area (TPSA) is 95.9 Å². The second-order valence-electron chi connectivity index (χ2n) is 0.803. The van der Waals surface area contributed by atoms with Gasteiger partial charge in [0.25, 0.3) is 0 Å². The van der Waals surface area contributed by atoms with Gasteiger partial charge in [-0.25, -0.2) is 0 Å². The Morgan fingerprint density at radius 1 is 1.60 bits per heavy atom. The average molecular weight is 351 g/mol. The minimum atomic E-state index is -2.08. The van der Waals surface area contributed by atoms with E-state index in [4.69, 9.17) is 15.0 Å². The summed E-state index contributed by atoms with van der Waals surface area (Å²) in [6, 6.07) is 0. The van der Waals surface area contributed by atoms with Crippen molar-refractivity contribution in [2.24, 2.45) is 0 Å². The van der Waals surface area contributed by atoms with Gasteiger partial charge in [0.15, 0.2) is 0 Å². The van der Waals surface area contributed by atoms with E-state index < -0.39 is 37.5 Å². The van der Waals surface area contributed by atoms with E-state index in [1.165, 1.54) is 0 Å². The predicted octanol–water partition coefficient (Wildman–Crippen LogP) is -4.42. The van der Waals surface area contributed by atoms with Crippen LogP contribution in [-0.2, 0) is 5.37 Å². The van der Waals surface area contributed by atoms with Crippen LogP contribution in [0.25, 0.3) is 0 Å². The molecule has 0 atom stereocenters. The van der Waals surface area contributed by atoms with Gasteiger partial charge in [0, 0.05) is 0 Å². The summed E-state index contributed by atoms with van der Waals surface area (Å²) < 4.78 is 8.53. The first kappa shape index (κ1) is 13.1. The van der Waals surface area contributed by atoms with Gasteiger partial charge in [-0.15, -0.1) is 0 Å². The van der Waals surface area contributed by atoms with Crippen molar-refractivity contribution in [3.63, 3.8) is 0 Å². The third-order valence-electron chi connectivity index (χ3n) is 0.250. The van der Waals surface area contributed by atoms with Crippen LogP contribution in [0.2, 0.25) is 0 Å². The molecular formula is C2HNaO6Pb. The average Bonchev–Trinajstić information content (AvgIpc) is 1.59. The van der Waals surface area contributed by atoms with E-state index in [0.29, 0.717) is 0 Å². The molecule has 0 bridgehead atoms. The molecule has 0 spiro atoms. The van der Waals surface area contributed by atoms with Crippen LogP contribution in [-0.4, -0.2) is 42.6 Å². The van der Waals surface area contributed by atoms with Crippen LogP contribution in [0.15, 0.2) is 0 Å². The Morgan fingerprint density at radius 2 is 1.80 bits per heavy atom. The van der Waals surface area contributed by atoms with Gasteiger partial charge in [0.2, 0.25) is 6.16 Å². The van der Waals surface area contributed by atoms with Crippen LogP contribution >= 0.6 is 0 Å². The fourth-order valence-corrected chi connectivity index (χ4v) is 0.664. The van der Waals surface area contributed by atoms with Crippen molar-refractivity contribution >= 4 is 37.5 Å². The molecule has 1 rings (SSSR count). The first-order valence-corrected chi connectivity index (χ1v) is 4.83. The van der Waals surface area contributed by atoms with Crippen molar-refractivity contribution in [3.8, 4) is 0 Å². The monoisotopic (exact) mass is 352 g/mol. The standard InChI is InChI=1S/2CH2O3.Na.Pb/c2*2-1(3)4;;/h2*(H2,2,3,4);;/q;;+1;+2/p-3. The molecule has 2 radical (unpaired) electrons. The molecule has 1 aliphatic heterocycles. The van der Waals surface area contributed by atoms with Gasteiger partial charge < -0.3 is 15.0 Å². The third kappa shape index (κ3) is 11.3. The second kappa shape index (κ2) is 7.57. The Kier molecular flexibility index (Phi) is 9.90. The van der Waals surface area contributed by atoms with Gasteiger partial charge in [0.05, 0.1) is 0 Å². The first-order chi connectivity index (χ1) is 4.13. The first-order valence-electron chi connectivity index (χ1n) is 1.65. The van der Waals surface area contributed by atoms with E-state index in [1.807, 2.05) is 0 Å². The Morgan fingerprint density at radius 3 is 1.80 bits per heavy atom. The molecule has 8 heteroatoms. The Hall–Kier alpha value is 0.462. The smallest absolute Gasteiger partial charge is 1.00 e. The SMILES string of the molecule is O=C([O-])O.O=C1[O][Pb][O]1.[Na+]. The summed E-state index contributed by atoms with van der Waals surface area (Å²) in [5.41, 5.74) is 0. The molecule has 0 saturated carbocycles. The number of carbonyl (C=O) groups excluding carboxylic acids is 1. The third-order valence-corrected chi connectivity index (χ3v) is 2.19. The molecule has 6 nitrogen and oxygen atoms in total. The van der Waals surface area contributed by atoms with Crippen LogP contribution in [0, 0.1) is 0 Å². The molecule has 0 aromatic carbocycles. The second-order valence-corrected chi connectivity index (χ2v) is 3.04. The summed E-state index contributed by atoms with van der Waals surface area (Å²) in [5, 5.41) is 15.3. The van der Waals surface area contributed by atoms with E-state index >= 15 is 0 Å². The van der Waals surface area contributed by atoms with Crippen molar-refractivity contribution in [1.29, 1.82) is 0 Å². The maximum atomic E-state index is 9.50. The number of hydrogen-bond donors (Lipinski definition) is 1. The maximum Gasteiger partial charge on any atom is 1.00 e. The van der Waals surface area contributed by atoms with Gasteiger partial charge in [-0.05, 0) is 0 Å². The molecular weight excluding hydrogens is 350 g/mol. The zero-order chi connectivity index (χ0) is 7.28. The molecule has 0 aliphatic carbocycles. The van der Waals surface area contributed by atoms with Gasteiger partial charge >= 0.3 is 71.0 Å². The zero-order valence-corrected chi connectivity index (χ0v) is 10.9. The van der Waals surface area contributed by atoms with Crippen molar-refractivity contribution in [1.82, 2.24) is 0 Å². The van der Waals surface area contributed by atoms with Crippen LogP contribution < -0.4 is 34.7 Å². The molecule has 0 aromatic heterocycles. The molecule has 1 heterocycles. The summed E-state index contributed by atoms with van der Waals surface area (Å²) in [7, 11) is 0. The summed E-state index contributed by atoms with van der Waals surface area (Å²) in [6.45, 7) is 0. The summed E-state index contributed by atoms with van der Waals surface area (Å²) >= 11 is -1.16. The fourth-order valence-electron chi connectivity index (χ4n) is 0.0757. The van der Waals surface area contributed by atoms with Gasteiger partial charge in [-0.2, -0.15) is 0 Å². The van der Waals surface area contributed by atoms with Gasteiger partial charge in [-0.3, -0.25) is 0 Å². The number of hydrogen-bond acceptors (Lipinski definition) is 5. The number of carboxylic acid groups (broad SMARTS) is 2. The molecule has 0 amide bonds. The summed E-state index contributed by atoms with van der Waals surface area (Å²) in [6.07, 6.45) is -2.56. The fraction of sp³-hybridized carbons (Fsp3) is 0. The van der Waals surface area contributed by atoms with Gasteiger partial charge in [0.1, 0.15) is 0 Å². The van der Waals surface area contributed by atoms with E-state index in [9.17, 15) is 4.79 Å². The predicted molar refractivity (Wildman–Crippen MR) is 21.3 cm³/mol. The van der Waals surface area contributed by atoms with Gasteiger partial charge in [-0.1, -0.05) is 0 Å². The normalized spacial score (nSPS) is 11.8. The number of carbonyl (C=O) groups is 2. The van der Waals surface area contributed by atoms with Crippen molar-refractivity contribution in [2.45, 2.75) is 0 Å². The van der Waals surface area contributed by atoms with E-state index in [2.05, 4.69) is 5.37 Å². The zero-order valence-electron chi connectivity index (χ0n) is 4.99. The van der Waals surface area contributed by atoms with Crippen molar-refractivity contribution in [2.75, 3.05) is 0 Å². The maximum absolute atomic E-state index is 9.50. The van der Waals surface area contributed by atoms with Crippen LogP contribution in [0.1, 0.15) is 0 Å². The van der Waals surface area contributed by atoms with Crippen LogP contribution in [0.4, 0.5) is 9.59 Å². The minimum Gasteiger partial charge on any atom is 1.00 e. The summed E-state index contributed by atoms with van der Waals surface area (Å²) in [4.78, 5) is 17.9. The molecule has 1 saturated heterocycles. The molecule has 0 aromatic rings. The molecule has 0 unspecified atom stereocenters. The summed E-state index contributed by atoms with van der Waals surface area (Å²) in [5.74, 6) is 0. The molecule has 1 aliphatic rings. The van der Waals surface area contributed by atoms with Crippen LogP contribution in [0.3, 0.4) is 0 Å². The minimum absolute atomic E-state index is 0. The molecule has 1 N–H and O–H groups in total. The van der Waals surface area contributed by atoms with E-state index in [1.54, 1.807) is 0 Å². The largest absolute Gasteiger partial charge is 1.00 e.